The van der Waals surface area contributed by atoms with Crippen molar-refractivity contribution in [1.29, 1.82) is 0 Å². The van der Waals surface area contributed by atoms with Crippen LogP contribution in [0.25, 0.3) is 0 Å². The minimum Gasteiger partial charge on any atom is -0.452 e. The van der Waals surface area contributed by atoms with Gasteiger partial charge >= 0.3 is 5.97 Å². The predicted molar refractivity (Wildman–Crippen MR) is 120 cm³/mol. The molecule has 0 radical (unpaired) electrons. The van der Waals surface area contributed by atoms with Gasteiger partial charge in [-0.15, -0.1) is 0 Å². The van der Waals surface area contributed by atoms with Gasteiger partial charge in [0.2, 0.25) is 0 Å². The number of nitrogens with one attached hydrogen (secondary N) is 1. The molecular formula is C24H40N2O3. The van der Waals surface area contributed by atoms with Gasteiger partial charge in [0.25, 0.3) is 5.91 Å². The number of esters is 1. The summed E-state index contributed by atoms with van der Waals surface area (Å²) in [5.41, 5.74) is -0.204. The molecule has 0 aromatic heterocycles. The zero-order chi connectivity index (χ0) is 22.6. The lowest BCUT2D eigenvalue weighted by atomic mass is 9.85. The first-order valence-electron chi connectivity index (χ1n) is 10.8. The molecule has 0 saturated heterocycles. The molecule has 164 valence electrons. The second kappa shape index (κ2) is 9.73. The van der Waals surface area contributed by atoms with Crippen LogP contribution in [0.15, 0.2) is 28.8 Å². The van der Waals surface area contributed by atoms with E-state index in [9.17, 15) is 9.59 Å². The van der Waals surface area contributed by atoms with E-state index in [1.165, 1.54) is 0 Å². The summed E-state index contributed by atoms with van der Waals surface area (Å²) < 4.78 is 5.76. The SMILES string of the molecule is C=CC(C)(C)OC(=O)/C(=C(/CC(C)C)C1=NC(C)(C(C)CC)C(=O)N1)C(C)CC. The molecule has 5 nitrogen and oxygen atoms in total. The Bertz CT molecular complexity index is 703. The zero-order valence-corrected chi connectivity index (χ0v) is 19.8. The minimum absolute atomic E-state index is 0.0214. The summed E-state index contributed by atoms with van der Waals surface area (Å²) in [6.45, 7) is 21.6. The fourth-order valence-electron chi connectivity index (χ4n) is 3.32. The molecule has 1 amide bonds. The lowest BCUT2D eigenvalue weighted by molar-refractivity contribution is -0.148. The highest BCUT2D eigenvalue weighted by Crippen LogP contribution is 2.33. The van der Waals surface area contributed by atoms with Crippen LogP contribution in [0.1, 0.15) is 81.6 Å². The average Bonchev–Trinajstić information content (AvgIpc) is 2.95. The van der Waals surface area contributed by atoms with E-state index in [1.807, 2.05) is 41.5 Å². The van der Waals surface area contributed by atoms with Crippen LogP contribution in [-0.4, -0.2) is 28.9 Å². The molecule has 1 aliphatic rings. The van der Waals surface area contributed by atoms with Crippen molar-refractivity contribution in [2.75, 3.05) is 0 Å². The Morgan fingerprint density at radius 1 is 1.24 bits per heavy atom. The Labute approximate surface area is 177 Å². The lowest BCUT2D eigenvalue weighted by Gasteiger charge is -2.26. The molecule has 29 heavy (non-hydrogen) atoms. The smallest absolute Gasteiger partial charge is 0.335 e. The van der Waals surface area contributed by atoms with Crippen LogP contribution < -0.4 is 5.32 Å². The summed E-state index contributed by atoms with van der Waals surface area (Å²) in [5, 5.41) is 2.98. The van der Waals surface area contributed by atoms with Gasteiger partial charge in [0.05, 0.1) is 0 Å². The molecule has 3 atom stereocenters. The van der Waals surface area contributed by atoms with Crippen LogP contribution in [0, 0.1) is 17.8 Å². The molecule has 5 heteroatoms. The summed E-state index contributed by atoms with van der Waals surface area (Å²) >= 11 is 0. The summed E-state index contributed by atoms with van der Waals surface area (Å²) in [6.07, 6.45) is 3.89. The van der Waals surface area contributed by atoms with Gasteiger partial charge in [0.15, 0.2) is 0 Å². The van der Waals surface area contributed by atoms with Crippen LogP contribution in [0.5, 0.6) is 0 Å². The number of nitrogens with zero attached hydrogens (tertiary/aromatic N) is 1. The molecule has 0 saturated carbocycles. The van der Waals surface area contributed by atoms with Crippen molar-refractivity contribution in [3.05, 3.63) is 23.8 Å². The fraction of sp³-hybridized carbons (Fsp3) is 0.708. The first-order valence-corrected chi connectivity index (χ1v) is 10.8. The molecular weight excluding hydrogens is 364 g/mol. The summed E-state index contributed by atoms with van der Waals surface area (Å²) in [7, 11) is 0. The number of aliphatic imine (C=N–C) groups is 1. The largest absolute Gasteiger partial charge is 0.452 e. The third kappa shape index (κ3) is 5.80. The molecule has 0 aromatic carbocycles. The second-order valence-electron chi connectivity index (χ2n) is 9.37. The van der Waals surface area contributed by atoms with E-state index in [2.05, 4.69) is 32.7 Å². The van der Waals surface area contributed by atoms with Crippen LogP contribution in [-0.2, 0) is 14.3 Å². The van der Waals surface area contributed by atoms with Crippen molar-refractivity contribution in [2.45, 2.75) is 92.7 Å². The van der Waals surface area contributed by atoms with Crippen molar-refractivity contribution in [2.24, 2.45) is 22.7 Å². The van der Waals surface area contributed by atoms with E-state index in [0.29, 0.717) is 23.7 Å². The third-order valence-corrected chi connectivity index (χ3v) is 6.00. The van der Waals surface area contributed by atoms with Crippen molar-refractivity contribution >= 4 is 17.7 Å². The van der Waals surface area contributed by atoms with Gasteiger partial charge in [-0.05, 0) is 57.4 Å². The van der Waals surface area contributed by atoms with Gasteiger partial charge in [-0.1, -0.05) is 54.5 Å². The molecule has 0 fully saturated rings. The van der Waals surface area contributed by atoms with Gasteiger partial charge < -0.3 is 10.1 Å². The molecule has 0 aliphatic carbocycles. The quantitative estimate of drug-likeness (QED) is 0.308. The van der Waals surface area contributed by atoms with Crippen LogP contribution in [0.3, 0.4) is 0 Å². The molecule has 1 rings (SSSR count). The fourth-order valence-corrected chi connectivity index (χ4v) is 3.32. The van der Waals surface area contributed by atoms with Gasteiger partial charge in [-0.3, -0.25) is 9.79 Å². The highest BCUT2D eigenvalue weighted by Gasteiger charge is 2.44. The molecule has 1 aliphatic heterocycles. The Balaban J connectivity index is 3.62. The van der Waals surface area contributed by atoms with Crippen LogP contribution in [0.4, 0.5) is 0 Å². The number of carbonyl (C=O) groups excluding carboxylic acids is 2. The molecule has 3 unspecified atom stereocenters. The van der Waals surface area contributed by atoms with Crippen LogP contribution in [0.2, 0.25) is 0 Å². The van der Waals surface area contributed by atoms with E-state index < -0.39 is 11.1 Å². The summed E-state index contributed by atoms with van der Waals surface area (Å²) in [4.78, 5) is 30.9. The molecule has 1 heterocycles. The van der Waals surface area contributed by atoms with E-state index in [-0.39, 0.29) is 23.7 Å². The Morgan fingerprint density at radius 3 is 2.28 bits per heavy atom. The lowest BCUT2D eigenvalue weighted by Crippen LogP contribution is -2.42. The van der Waals surface area contributed by atoms with Crippen molar-refractivity contribution < 1.29 is 14.3 Å². The molecule has 0 bridgehead atoms. The highest BCUT2D eigenvalue weighted by molar-refractivity contribution is 6.17. The number of amidine groups is 1. The number of carbonyl (C=O) groups is 2. The minimum atomic E-state index is -0.822. The maximum absolute atomic E-state index is 13.2. The number of rotatable bonds is 10. The highest BCUT2D eigenvalue weighted by atomic mass is 16.6. The van der Waals surface area contributed by atoms with Crippen LogP contribution >= 0.6 is 0 Å². The van der Waals surface area contributed by atoms with E-state index in [0.717, 1.165) is 18.4 Å². The van der Waals surface area contributed by atoms with E-state index >= 15 is 0 Å². The third-order valence-electron chi connectivity index (χ3n) is 6.00. The first-order chi connectivity index (χ1) is 13.3. The molecule has 0 aromatic rings. The molecule has 0 spiro atoms. The van der Waals surface area contributed by atoms with Crippen molar-refractivity contribution in [3.63, 3.8) is 0 Å². The number of ether oxygens (including phenoxy) is 1. The maximum Gasteiger partial charge on any atom is 0.335 e. The van der Waals surface area contributed by atoms with Gasteiger partial charge in [0, 0.05) is 11.1 Å². The maximum atomic E-state index is 13.2. The number of hydrogen-bond donors (Lipinski definition) is 1. The Morgan fingerprint density at radius 2 is 1.83 bits per heavy atom. The average molecular weight is 405 g/mol. The van der Waals surface area contributed by atoms with Crippen molar-refractivity contribution in [3.8, 4) is 0 Å². The summed E-state index contributed by atoms with van der Waals surface area (Å²) in [6, 6.07) is 0. The summed E-state index contributed by atoms with van der Waals surface area (Å²) in [5.74, 6) is 0.417. The van der Waals surface area contributed by atoms with Gasteiger partial charge in [-0.2, -0.15) is 0 Å². The Hall–Kier alpha value is -1.91. The van der Waals surface area contributed by atoms with Gasteiger partial charge in [-0.25, -0.2) is 4.79 Å². The topological polar surface area (TPSA) is 67.8 Å². The monoisotopic (exact) mass is 404 g/mol. The van der Waals surface area contributed by atoms with Crippen molar-refractivity contribution in [1.82, 2.24) is 5.32 Å². The Kier molecular flexibility index (Phi) is 8.43. The number of hydrogen-bond acceptors (Lipinski definition) is 4. The molecule has 1 N–H and O–H groups in total. The number of amides is 1. The predicted octanol–water partition coefficient (Wildman–Crippen LogP) is 5.22. The second-order valence-corrected chi connectivity index (χ2v) is 9.37. The first kappa shape index (κ1) is 25.1. The standard InChI is InChI=1S/C24H40N2O3/c1-11-16(6)19(21(27)29-23(8,9)13-3)18(14-15(4)5)20-25-22(28)24(10,26-20)17(7)12-2/h13,15-17H,3,11-12,14H2,1-2,4-10H3,(H,25,26,28)/b19-18-. The van der Waals surface area contributed by atoms with Gasteiger partial charge in [0.1, 0.15) is 17.0 Å². The van der Waals surface area contributed by atoms with E-state index in [4.69, 9.17) is 9.73 Å². The van der Waals surface area contributed by atoms with E-state index in [1.54, 1.807) is 6.08 Å². The normalized spacial score (nSPS) is 22.6. The zero-order valence-electron chi connectivity index (χ0n) is 19.8.